The van der Waals surface area contributed by atoms with Crippen LogP contribution in [0.3, 0.4) is 0 Å². The number of para-hydroxylation sites is 1. The number of anilines is 1. The second-order valence-corrected chi connectivity index (χ2v) is 8.75. The molecule has 0 unspecified atom stereocenters. The molecule has 5 rings (SSSR count). The zero-order valence-electron chi connectivity index (χ0n) is 20.1. The van der Waals surface area contributed by atoms with E-state index in [0.29, 0.717) is 41.9 Å². The van der Waals surface area contributed by atoms with E-state index >= 15 is 0 Å². The van der Waals surface area contributed by atoms with Gasteiger partial charge in [0.05, 0.1) is 17.7 Å². The van der Waals surface area contributed by atoms with E-state index in [-0.39, 0.29) is 18.4 Å². The molecular formula is C29H27N3O4. The molecule has 182 valence electrons. The highest BCUT2D eigenvalue weighted by Crippen LogP contribution is 2.24. The minimum atomic E-state index is -0.392. The Kier molecular flexibility index (Phi) is 6.54. The van der Waals surface area contributed by atoms with Crippen LogP contribution in [0.1, 0.15) is 28.4 Å². The third-order valence-electron chi connectivity index (χ3n) is 6.42. The first-order valence-electron chi connectivity index (χ1n) is 12.0. The number of benzene rings is 3. The van der Waals surface area contributed by atoms with E-state index in [1.807, 2.05) is 37.3 Å². The van der Waals surface area contributed by atoms with Crippen LogP contribution in [0.4, 0.5) is 5.69 Å². The van der Waals surface area contributed by atoms with Gasteiger partial charge in [-0.05, 0) is 54.8 Å². The van der Waals surface area contributed by atoms with Crippen molar-refractivity contribution in [1.29, 1.82) is 0 Å². The van der Waals surface area contributed by atoms with Gasteiger partial charge in [-0.1, -0.05) is 42.5 Å². The first-order valence-corrected chi connectivity index (χ1v) is 12.0. The molecule has 0 saturated heterocycles. The minimum Gasteiger partial charge on any atom is -0.494 e. The summed E-state index contributed by atoms with van der Waals surface area (Å²) in [6.45, 7) is 3.40. The number of hydrogen-bond donors (Lipinski definition) is 1. The summed E-state index contributed by atoms with van der Waals surface area (Å²) in [6, 6.07) is 23.7. The van der Waals surface area contributed by atoms with Crippen LogP contribution in [-0.4, -0.2) is 34.4 Å². The molecule has 0 saturated carbocycles. The molecule has 0 radical (unpaired) electrons. The van der Waals surface area contributed by atoms with Crippen molar-refractivity contribution >= 4 is 28.4 Å². The molecular weight excluding hydrogens is 454 g/mol. The number of fused-ring (bicyclic) bond motifs is 2. The van der Waals surface area contributed by atoms with Gasteiger partial charge in [-0.15, -0.1) is 0 Å². The van der Waals surface area contributed by atoms with E-state index < -0.39 is 5.56 Å². The van der Waals surface area contributed by atoms with Crippen molar-refractivity contribution in [2.24, 2.45) is 0 Å². The maximum absolute atomic E-state index is 13.5. The number of carbonyl (C=O) groups is 2. The van der Waals surface area contributed by atoms with Gasteiger partial charge in [0, 0.05) is 30.2 Å². The maximum Gasteiger partial charge on any atom is 0.255 e. The summed E-state index contributed by atoms with van der Waals surface area (Å²) in [5.41, 5.74) is 3.50. The smallest absolute Gasteiger partial charge is 0.255 e. The zero-order chi connectivity index (χ0) is 25.1. The first kappa shape index (κ1) is 23.4. The summed E-state index contributed by atoms with van der Waals surface area (Å²) >= 11 is 0. The molecule has 1 aliphatic heterocycles. The average Bonchev–Trinajstić information content (AvgIpc) is 2.90. The van der Waals surface area contributed by atoms with Crippen LogP contribution in [0.25, 0.3) is 10.9 Å². The second-order valence-electron chi connectivity index (χ2n) is 8.75. The van der Waals surface area contributed by atoms with Crippen LogP contribution < -0.4 is 15.6 Å². The predicted octanol–water partition coefficient (Wildman–Crippen LogP) is 4.24. The highest BCUT2D eigenvalue weighted by atomic mass is 16.5. The van der Waals surface area contributed by atoms with Gasteiger partial charge in [0.1, 0.15) is 12.3 Å². The second kappa shape index (κ2) is 10.1. The molecule has 1 aromatic heterocycles. The number of nitrogens with one attached hydrogen (secondary N) is 1. The zero-order valence-corrected chi connectivity index (χ0v) is 20.1. The van der Waals surface area contributed by atoms with Crippen LogP contribution in [0.5, 0.6) is 5.75 Å². The van der Waals surface area contributed by atoms with E-state index in [9.17, 15) is 14.4 Å². The highest BCUT2D eigenvalue weighted by molar-refractivity contribution is 6.06. The molecule has 4 aromatic rings. The maximum atomic E-state index is 13.5. The fourth-order valence-electron chi connectivity index (χ4n) is 4.66. The molecule has 2 heterocycles. The molecule has 0 fully saturated rings. The third kappa shape index (κ3) is 4.73. The first-order chi connectivity index (χ1) is 17.5. The van der Waals surface area contributed by atoms with Crippen molar-refractivity contribution in [3.05, 3.63) is 106 Å². The summed E-state index contributed by atoms with van der Waals surface area (Å²) in [4.78, 5) is 41.2. The molecule has 0 atom stereocenters. The minimum absolute atomic E-state index is 0.169. The van der Waals surface area contributed by atoms with Crippen LogP contribution in [0, 0.1) is 0 Å². The molecule has 0 aliphatic carbocycles. The summed E-state index contributed by atoms with van der Waals surface area (Å²) in [6.07, 6.45) is 0.780. The fraction of sp³-hybridized carbons (Fsp3) is 0.207. The molecule has 7 heteroatoms. The number of rotatable bonds is 6. The van der Waals surface area contributed by atoms with Gasteiger partial charge in [0.15, 0.2) is 0 Å². The van der Waals surface area contributed by atoms with Gasteiger partial charge in [-0.2, -0.15) is 0 Å². The van der Waals surface area contributed by atoms with E-state index in [0.717, 1.165) is 17.7 Å². The lowest BCUT2D eigenvalue weighted by Crippen LogP contribution is -2.37. The monoisotopic (exact) mass is 481 g/mol. The number of pyridine rings is 1. The predicted molar refractivity (Wildman–Crippen MR) is 139 cm³/mol. The van der Waals surface area contributed by atoms with E-state index in [4.69, 9.17) is 4.74 Å². The molecule has 7 nitrogen and oxygen atoms in total. The summed E-state index contributed by atoms with van der Waals surface area (Å²) < 4.78 is 6.83. The molecule has 0 bridgehead atoms. The molecule has 1 N–H and O–H groups in total. The van der Waals surface area contributed by atoms with Gasteiger partial charge in [-0.25, -0.2) is 0 Å². The van der Waals surface area contributed by atoms with Crippen molar-refractivity contribution in [3.8, 4) is 5.75 Å². The average molecular weight is 482 g/mol. The van der Waals surface area contributed by atoms with E-state index in [2.05, 4.69) is 11.4 Å². The molecule has 2 amide bonds. The lowest BCUT2D eigenvalue weighted by Gasteiger charge is -2.29. The van der Waals surface area contributed by atoms with Crippen LogP contribution >= 0.6 is 0 Å². The Bertz CT molecular complexity index is 1490. The summed E-state index contributed by atoms with van der Waals surface area (Å²) in [5.74, 6) is 0.206. The normalized spacial score (nSPS) is 12.8. The Morgan fingerprint density at radius 2 is 1.67 bits per heavy atom. The Morgan fingerprint density at radius 3 is 2.44 bits per heavy atom. The Morgan fingerprint density at radius 1 is 0.944 bits per heavy atom. The molecule has 36 heavy (non-hydrogen) atoms. The van der Waals surface area contributed by atoms with Crippen molar-refractivity contribution < 1.29 is 14.3 Å². The van der Waals surface area contributed by atoms with Crippen LogP contribution in [-0.2, 0) is 24.3 Å². The van der Waals surface area contributed by atoms with Crippen molar-refractivity contribution in [1.82, 2.24) is 9.47 Å². The summed E-state index contributed by atoms with van der Waals surface area (Å²) in [5, 5.41) is 3.47. The Labute approximate surface area is 208 Å². The van der Waals surface area contributed by atoms with Crippen molar-refractivity contribution in [2.45, 2.75) is 26.4 Å². The lowest BCUT2D eigenvalue weighted by atomic mass is 9.98. The fourth-order valence-corrected chi connectivity index (χ4v) is 4.66. The highest BCUT2D eigenvalue weighted by Gasteiger charge is 2.24. The van der Waals surface area contributed by atoms with Crippen LogP contribution in [0.2, 0.25) is 0 Å². The van der Waals surface area contributed by atoms with Crippen LogP contribution in [0.15, 0.2) is 83.7 Å². The third-order valence-corrected chi connectivity index (χ3v) is 6.42. The molecule has 0 spiro atoms. The van der Waals surface area contributed by atoms with Crippen molar-refractivity contribution in [3.63, 3.8) is 0 Å². The van der Waals surface area contributed by atoms with Gasteiger partial charge < -0.3 is 15.0 Å². The van der Waals surface area contributed by atoms with Gasteiger partial charge in [0.2, 0.25) is 5.91 Å². The van der Waals surface area contributed by atoms with E-state index in [1.54, 1.807) is 41.3 Å². The SMILES string of the molecule is CCOc1ccc(NC(=O)Cn2c(=O)cc(C(=O)N3CCc4ccccc4C3)c3ccccc32)cc1. The van der Waals surface area contributed by atoms with E-state index in [1.165, 1.54) is 16.2 Å². The number of nitrogens with zero attached hydrogens (tertiary/aromatic N) is 2. The summed E-state index contributed by atoms with van der Waals surface area (Å²) in [7, 11) is 0. The number of hydrogen-bond acceptors (Lipinski definition) is 4. The molecule has 3 aromatic carbocycles. The Hall–Kier alpha value is -4.39. The number of carbonyl (C=O) groups excluding carboxylic acids is 2. The van der Waals surface area contributed by atoms with Gasteiger partial charge >= 0.3 is 0 Å². The van der Waals surface area contributed by atoms with Gasteiger partial charge in [0.25, 0.3) is 11.5 Å². The van der Waals surface area contributed by atoms with Crippen molar-refractivity contribution in [2.75, 3.05) is 18.5 Å². The number of amides is 2. The Balaban J connectivity index is 1.40. The standard InChI is InChI=1S/C29H27N3O4/c1-2-36-23-13-11-22(12-14-23)30-27(33)19-32-26-10-6-5-9-24(26)25(17-28(32)34)29(35)31-16-15-20-7-3-4-8-21(20)18-31/h3-14,17H,2,15-16,18-19H2,1H3,(H,30,33). The largest absolute Gasteiger partial charge is 0.494 e. The number of ether oxygens (including phenoxy) is 1. The topological polar surface area (TPSA) is 80.6 Å². The van der Waals surface area contributed by atoms with Gasteiger partial charge in [-0.3, -0.25) is 19.0 Å². The molecule has 1 aliphatic rings. The lowest BCUT2D eigenvalue weighted by molar-refractivity contribution is -0.116. The quantitative estimate of drug-likeness (QED) is 0.447. The number of aromatic nitrogens is 1.